The number of aliphatic carboxylic acids is 1. The van der Waals surface area contributed by atoms with Gasteiger partial charge in [0.2, 0.25) is 0 Å². The molecule has 0 aliphatic heterocycles. The van der Waals surface area contributed by atoms with Crippen LogP contribution in [0.4, 0.5) is 16.2 Å². The van der Waals surface area contributed by atoms with E-state index in [2.05, 4.69) is 10.6 Å². The number of benzene rings is 4. The van der Waals surface area contributed by atoms with Gasteiger partial charge in [-0.15, -0.1) is 0 Å². The molecule has 0 aromatic heterocycles. The number of hydrogen-bond donors (Lipinski definition) is 3. The van der Waals surface area contributed by atoms with Crippen LogP contribution in [0.2, 0.25) is 0 Å². The SMILES string of the molecule is CCOc1ccccc1NC(=O)Nc1ccc(-c2ccc(C(=O)CC(C(=O)O)c3ccccc3)cc2)cc1. The van der Waals surface area contributed by atoms with Crippen molar-refractivity contribution in [3.05, 3.63) is 114 Å². The van der Waals surface area contributed by atoms with Crippen molar-refractivity contribution in [1.29, 1.82) is 0 Å². The topological polar surface area (TPSA) is 105 Å². The molecule has 0 radical (unpaired) electrons. The fourth-order valence-electron chi connectivity index (χ4n) is 4.07. The highest BCUT2D eigenvalue weighted by Crippen LogP contribution is 2.26. The molecule has 4 aromatic carbocycles. The number of Topliss-reactive ketones (excluding diaryl/α,β-unsaturated/α-hetero) is 1. The van der Waals surface area contributed by atoms with E-state index < -0.39 is 11.9 Å². The molecule has 2 amide bonds. The highest BCUT2D eigenvalue weighted by molar-refractivity contribution is 6.01. The molecule has 0 fully saturated rings. The number of carboxylic acid groups (broad SMARTS) is 1. The second-order valence-electron chi connectivity index (χ2n) is 8.59. The van der Waals surface area contributed by atoms with Crippen molar-refractivity contribution in [1.82, 2.24) is 0 Å². The van der Waals surface area contributed by atoms with Crippen molar-refractivity contribution < 1.29 is 24.2 Å². The third kappa shape index (κ3) is 6.64. The molecule has 0 saturated heterocycles. The van der Waals surface area contributed by atoms with Gasteiger partial charge in [-0.3, -0.25) is 9.59 Å². The van der Waals surface area contributed by atoms with E-state index in [0.29, 0.717) is 34.9 Å². The van der Waals surface area contributed by atoms with Crippen molar-refractivity contribution in [2.24, 2.45) is 0 Å². The van der Waals surface area contributed by atoms with Gasteiger partial charge in [-0.1, -0.05) is 78.9 Å². The summed E-state index contributed by atoms with van der Waals surface area (Å²) in [5.41, 5.74) is 4.05. The number of carbonyl (C=O) groups is 3. The molecular weight excluding hydrogens is 480 g/mol. The highest BCUT2D eigenvalue weighted by atomic mass is 16.5. The number of nitrogens with one attached hydrogen (secondary N) is 2. The number of rotatable bonds is 10. The molecular formula is C31H28N2O5. The van der Waals surface area contributed by atoms with E-state index in [9.17, 15) is 19.5 Å². The summed E-state index contributed by atoms with van der Waals surface area (Å²) in [6, 6.07) is 30.0. The summed E-state index contributed by atoms with van der Waals surface area (Å²) in [6.07, 6.45) is -0.115. The maximum absolute atomic E-state index is 12.8. The lowest BCUT2D eigenvalue weighted by Gasteiger charge is -2.13. The predicted octanol–water partition coefficient (Wildman–Crippen LogP) is 6.84. The van der Waals surface area contributed by atoms with Gasteiger partial charge in [0.25, 0.3) is 0 Å². The van der Waals surface area contributed by atoms with E-state index in [4.69, 9.17) is 4.74 Å². The molecule has 0 saturated carbocycles. The van der Waals surface area contributed by atoms with Gasteiger partial charge in [-0.25, -0.2) is 4.79 Å². The van der Waals surface area contributed by atoms with E-state index in [1.807, 2.05) is 49.4 Å². The summed E-state index contributed by atoms with van der Waals surface area (Å²) >= 11 is 0. The van der Waals surface area contributed by atoms with Gasteiger partial charge < -0.3 is 20.5 Å². The third-order valence-electron chi connectivity index (χ3n) is 6.01. The molecule has 38 heavy (non-hydrogen) atoms. The number of anilines is 2. The summed E-state index contributed by atoms with van der Waals surface area (Å²) in [5, 5.41) is 15.2. The van der Waals surface area contributed by atoms with E-state index in [1.54, 1.807) is 60.7 Å². The zero-order valence-electron chi connectivity index (χ0n) is 20.9. The van der Waals surface area contributed by atoms with Gasteiger partial charge in [0.05, 0.1) is 18.2 Å². The molecule has 0 aliphatic carbocycles. The predicted molar refractivity (Wildman–Crippen MR) is 148 cm³/mol. The number of carboxylic acids is 1. The lowest BCUT2D eigenvalue weighted by Crippen LogP contribution is -2.19. The van der Waals surface area contributed by atoms with Crippen LogP contribution in [0.1, 0.15) is 35.2 Å². The molecule has 0 heterocycles. The van der Waals surface area contributed by atoms with E-state index in [-0.39, 0.29) is 18.2 Å². The van der Waals surface area contributed by atoms with Crippen LogP contribution < -0.4 is 15.4 Å². The van der Waals surface area contributed by atoms with Crippen LogP contribution in [-0.4, -0.2) is 29.5 Å². The summed E-state index contributed by atoms with van der Waals surface area (Å²) in [7, 11) is 0. The Labute approximate surface area is 221 Å². The molecule has 7 nitrogen and oxygen atoms in total. The van der Waals surface area contributed by atoms with E-state index in [0.717, 1.165) is 11.1 Å². The number of carbonyl (C=O) groups excluding carboxylic acids is 2. The Balaban J connectivity index is 1.38. The van der Waals surface area contributed by atoms with Crippen LogP contribution in [0.3, 0.4) is 0 Å². The maximum Gasteiger partial charge on any atom is 0.323 e. The minimum Gasteiger partial charge on any atom is -0.492 e. The number of urea groups is 1. The zero-order chi connectivity index (χ0) is 26.9. The van der Waals surface area contributed by atoms with Gasteiger partial charge in [0.1, 0.15) is 5.75 Å². The Bertz CT molecular complexity index is 1400. The van der Waals surface area contributed by atoms with Crippen molar-refractivity contribution in [2.75, 3.05) is 17.2 Å². The lowest BCUT2D eigenvalue weighted by molar-refractivity contribution is -0.138. The number of para-hydroxylation sites is 2. The smallest absolute Gasteiger partial charge is 0.323 e. The van der Waals surface area contributed by atoms with Crippen molar-refractivity contribution in [3.8, 4) is 16.9 Å². The van der Waals surface area contributed by atoms with Crippen LogP contribution in [-0.2, 0) is 4.79 Å². The quantitative estimate of drug-likeness (QED) is 0.204. The number of ether oxygens (including phenoxy) is 1. The van der Waals surface area contributed by atoms with Crippen LogP contribution in [0.5, 0.6) is 5.75 Å². The fourth-order valence-corrected chi connectivity index (χ4v) is 4.07. The largest absolute Gasteiger partial charge is 0.492 e. The maximum atomic E-state index is 12.8. The minimum atomic E-state index is -1.03. The fraction of sp³-hybridized carbons (Fsp3) is 0.129. The molecule has 3 N–H and O–H groups in total. The highest BCUT2D eigenvalue weighted by Gasteiger charge is 2.23. The molecule has 1 atom stereocenters. The van der Waals surface area contributed by atoms with Gasteiger partial charge >= 0.3 is 12.0 Å². The van der Waals surface area contributed by atoms with Crippen LogP contribution in [0.25, 0.3) is 11.1 Å². The van der Waals surface area contributed by atoms with Crippen molar-refractivity contribution in [2.45, 2.75) is 19.3 Å². The average molecular weight is 509 g/mol. The Kier molecular flexibility index (Phi) is 8.51. The number of ketones is 1. The summed E-state index contributed by atoms with van der Waals surface area (Å²) in [6.45, 7) is 2.37. The monoisotopic (exact) mass is 508 g/mol. The van der Waals surface area contributed by atoms with Crippen molar-refractivity contribution >= 4 is 29.2 Å². The first-order valence-electron chi connectivity index (χ1n) is 12.3. The Morgan fingerprint density at radius 1 is 0.763 bits per heavy atom. The summed E-state index contributed by atoms with van der Waals surface area (Å²) < 4.78 is 5.54. The van der Waals surface area contributed by atoms with Gasteiger partial charge in [-0.05, 0) is 47.9 Å². The molecule has 1 unspecified atom stereocenters. The number of amides is 2. The van der Waals surface area contributed by atoms with Crippen LogP contribution >= 0.6 is 0 Å². The second kappa shape index (κ2) is 12.4. The standard InChI is InChI=1S/C31H28N2O5/c1-2-38-29-11-7-6-10-27(29)33-31(37)32-25-18-16-22(17-19-25)21-12-14-24(15-13-21)28(34)20-26(30(35)36)23-8-4-3-5-9-23/h3-19,26H,2,20H2,1H3,(H,35,36)(H2,32,33,37). The summed E-state index contributed by atoms with van der Waals surface area (Å²) in [4.78, 5) is 37.0. The van der Waals surface area contributed by atoms with Gasteiger partial charge in [0.15, 0.2) is 5.78 Å². The number of hydrogen-bond acceptors (Lipinski definition) is 4. The zero-order valence-corrected chi connectivity index (χ0v) is 20.9. The third-order valence-corrected chi connectivity index (χ3v) is 6.01. The van der Waals surface area contributed by atoms with Crippen LogP contribution in [0.15, 0.2) is 103 Å². The first-order chi connectivity index (χ1) is 18.4. The average Bonchev–Trinajstić information content (AvgIpc) is 2.93. The molecule has 0 aliphatic rings. The Hall–Kier alpha value is -4.91. The van der Waals surface area contributed by atoms with Crippen molar-refractivity contribution in [3.63, 3.8) is 0 Å². The van der Waals surface area contributed by atoms with Gasteiger partial charge in [0, 0.05) is 17.7 Å². The first-order valence-corrected chi connectivity index (χ1v) is 12.3. The van der Waals surface area contributed by atoms with E-state index >= 15 is 0 Å². The van der Waals surface area contributed by atoms with Gasteiger partial charge in [-0.2, -0.15) is 0 Å². The molecule has 7 heteroatoms. The molecule has 4 rings (SSSR count). The van der Waals surface area contributed by atoms with Crippen LogP contribution in [0, 0.1) is 0 Å². The normalized spacial score (nSPS) is 11.3. The Morgan fingerprint density at radius 2 is 1.37 bits per heavy atom. The molecule has 192 valence electrons. The first kappa shape index (κ1) is 26.2. The molecule has 4 aromatic rings. The molecule has 0 bridgehead atoms. The Morgan fingerprint density at radius 3 is 2.00 bits per heavy atom. The second-order valence-corrected chi connectivity index (χ2v) is 8.59. The summed E-state index contributed by atoms with van der Waals surface area (Å²) in [5.74, 6) is -1.56. The molecule has 0 spiro atoms. The lowest BCUT2D eigenvalue weighted by atomic mass is 9.91. The van der Waals surface area contributed by atoms with E-state index in [1.165, 1.54) is 0 Å². The minimum absolute atomic E-state index is 0.115.